The minimum atomic E-state index is 0.556. The Hall–Kier alpha value is -1.15. The van der Waals surface area contributed by atoms with Gasteiger partial charge in [0.15, 0.2) is 0 Å². The molecule has 2 nitrogen and oxygen atoms in total. The van der Waals surface area contributed by atoms with E-state index in [4.69, 9.17) is 0 Å². The summed E-state index contributed by atoms with van der Waals surface area (Å²) in [4.78, 5) is 4.04. The third-order valence-corrected chi connectivity index (χ3v) is 2.63. The molecule has 0 saturated heterocycles. The van der Waals surface area contributed by atoms with Crippen LogP contribution in [0, 0.1) is 0 Å². The van der Waals surface area contributed by atoms with Gasteiger partial charge in [-0.25, -0.2) is 0 Å². The molecule has 0 aliphatic heterocycles. The minimum absolute atomic E-state index is 0.556. The SMILES string of the molecule is C=CCCC(Cc1ccncc1)NCCC. The van der Waals surface area contributed by atoms with Crippen molar-refractivity contribution in [2.45, 2.75) is 38.6 Å². The van der Waals surface area contributed by atoms with Crippen molar-refractivity contribution < 1.29 is 0 Å². The molecule has 1 N–H and O–H groups in total. The van der Waals surface area contributed by atoms with Crippen LogP contribution in [0.3, 0.4) is 0 Å². The van der Waals surface area contributed by atoms with Crippen LogP contribution in [-0.4, -0.2) is 17.6 Å². The molecule has 88 valence electrons. The fraction of sp³-hybridized carbons (Fsp3) is 0.500. The van der Waals surface area contributed by atoms with Crippen LogP contribution in [0.15, 0.2) is 37.2 Å². The molecule has 0 saturated carbocycles. The van der Waals surface area contributed by atoms with Crippen LogP contribution < -0.4 is 5.32 Å². The molecule has 1 heterocycles. The summed E-state index contributed by atoms with van der Waals surface area (Å²) >= 11 is 0. The summed E-state index contributed by atoms with van der Waals surface area (Å²) in [5.41, 5.74) is 1.35. The van der Waals surface area contributed by atoms with E-state index in [1.807, 2.05) is 18.5 Å². The van der Waals surface area contributed by atoms with Gasteiger partial charge >= 0.3 is 0 Å². The van der Waals surface area contributed by atoms with Gasteiger partial charge in [-0.1, -0.05) is 13.0 Å². The average Bonchev–Trinajstić information content (AvgIpc) is 2.34. The molecule has 0 fully saturated rings. The predicted molar refractivity (Wildman–Crippen MR) is 69.5 cm³/mol. The molecule has 0 aliphatic carbocycles. The number of rotatable bonds is 8. The molecule has 0 amide bonds. The third kappa shape index (κ3) is 5.08. The second-order valence-electron chi connectivity index (χ2n) is 4.08. The molecule has 0 spiro atoms. The molecule has 0 radical (unpaired) electrons. The summed E-state index contributed by atoms with van der Waals surface area (Å²) < 4.78 is 0. The van der Waals surface area contributed by atoms with Gasteiger partial charge in [0.1, 0.15) is 0 Å². The van der Waals surface area contributed by atoms with Crippen molar-refractivity contribution in [2.24, 2.45) is 0 Å². The Kier molecular flexibility index (Phi) is 6.50. The van der Waals surface area contributed by atoms with Crippen LogP contribution in [0.4, 0.5) is 0 Å². The lowest BCUT2D eigenvalue weighted by Gasteiger charge is -2.17. The van der Waals surface area contributed by atoms with Crippen molar-refractivity contribution in [1.29, 1.82) is 0 Å². The van der Waals surface area contributed by atoms with E-state index in [-0.39, 0.29) is 0 Å². The predicted octanol–water partition coefficient (Wildman–Crippen LogP) is 2.96. The molecule has 0 bridgehead atoms. The van der Waals surface area contributed by atoms with E-state index in [1.54, 1.807) is 0 Å². The highest BCUT2D eigenvalue weighted by Crippen LogP contribution is 2.07. The summed E-state index contributed by atoms with van der Waals surface area (Å²) in [6, 6.07) is 4.74. The largest absolute Gasteiger partial charge is 0.314 e. The summed E-state index contributed by atoms with van der Waals surface area (Å²) in [5, 5.41) is 3.58. The number of nitrogens with one attached hydrogen (secondary N) is 1. The first-order valence-electron chi connectivity index (χ1n) is 6.10. The van der Waals surface area contributed by atoms with E-state index >= 15 is 0 Å². The van der Waals surface area contributed by atoms with Crippen LogP contribution in [0.25, 0.3) is 0 Å². The van der Waals surface area contributed by atoms with E-state index in [1.165, 1.54) is 12.0 Å². The number of nitrogens with zero attached hydrogens (tertiary/aromatic N) is 1. The van der Waals surface area contributed by atoms with Crippen LogP contribution in [-0.2, 0) is 6.42 Å². The van der Waals surface area contributed by atoms with E-state index in [9.17, 15) is 0 Å². The Labute approximate surface area is 98.8 Å². The van der Waals surface area contributed by atoms with E-state index in [2.05, 4.69) is 35.9 Å². The molecule has 0 aliphatic rings. The van der Waals surface area contributed by atoms with Gasteiger partial charge in [0.05, 0.1) is 0 Å². The molecule has 1 atom stereocenters. The second kappa shape index (κ2) is 8.05. The van der Waals surface area contributed by atoms with Crippen molar-refractivity contribution in [2.75, 3.05) is 6.54 Å². The first kappa shape index (κ1) is 12.9. The highest BCUT2D eigenvalue weighted by atomic mass is 14.9. The maximum Gasteiger partial charge on any atom is 0.0270 e. The molecule has 1 aromatic rings. The van der Waals surface area contributed by atoms with Crippen LogP contribution in [0.2, 0.25) is 0 Å². The van der Waals surface area contributed by atoms with Crippen molar-refractivity contribution in [3.63, 3.8) is 0 Å². The summed E-state index contributed by atoms with van der Waals surface area (Å²) in [6.45, 7) is 7.07. The molecule has 1 rings (SSSR count). The van der Waals surface area contributed by atoms with Gasteiger partial charge in [0, 0.05) is 18.4 Å². The number of hydrogen-bond donors (Lipinski definition) is 1. The number of aromatic nitrogens is 1. The monoisotopic (exact) mass is 218 g/mol. The van der Waals surface area contributed by atoms with Crippen LogP contribution >= 0.6 is 0 Å². The average molecular weight is 218 g/mol. The normalized spacial score (nSPS) is 12.3. The standard InChI is InChI=1S/C14H22N2/c1-3-5-6-14(16-9-4-2)12-13-7-10-15-11-8-13/h3,7-8,10-11,14,16H,1,4-6,9,12H2,2H3. The zero-order chi connectivity index (χ0) is 11.6. The van der Waals surface area contributed by atoms with Gasteiger partial charge in [-0.2, -0.15) is 0 Å². The zero-order valence-electron chi connectivity index (χ0n) is 10.2. The molecular weight excluding hydrogens is 196 g/mol. The second-order valence-corrected chi connectivity index (χ2v) is 4.08. The van der Waals surface area contributed by atoms with Gasteiger partial charge in [0.25, 0.3) is 0 Å². The van der Waals surface area contributed by atoms with Crippen molar-refractivity contribution in [3.05, 3.63) is 42.7 Å². The van der Waals surface area contributed by atoms with Gasteiger partial charge in [-0.05, 0) is 49.9 Å². The van der Waals surface area contributed by atoms with E-state index in [0.29, 0.717) is 6.04 Å². The fourth-order valence-corrected chi connectivity index (χ4v) is 1.75. The molecule has 1 unspecified atom stereocenters. The zero-order valence-corrected chi connectivity index (χ0v) is 10.2. The third-order valence-electron chi connectivity index (χ3n) is 2.63. The van der Waals surface area contributed by atoms with E-state index in [0.717, 1.165) is 25.8 Å². The highest BCUT2D eigenvalue weighted by Gasteiger charge is 2.07. The summed E-state index contributed by atoms with van der Waals surface area (Å²) in [6.07, 6.45) is 10.2. The van der Waals surface area contributed by atoms with Crippen molar-refractivity contribution in [3.8, 4) is 0 Å². The lowest BCUT2D eigenvalue weighted by atomic mass is 10.0. The fourth-order valence-electron chi connectivity index (χ4n) is 1.75. The van der Waals surface area contributed by atoms with Gasteiger partial charge in [-0.3, -0.25) is 4.98 Å². The van der Waals surface area contributed by atoms with Gasteiger partial charge in [-0.15, -0.1) is 6.58 Å². The lowest BCUT2D eigenvalue weighted by molar-refractivity contribution is 0.481. The van der Waals surface area contributed by atoms with Crippen molar-refractivity contribution >= 4 is 0 Å². The molecule has 2 heteroatoms. The Morgan fingerprint density at radius 1 is 1.44 bits per heavy atom. The number of allylic oxidation sites excluding steroid dienone is 1. The summed E-state index contributed by atoms with van der Waals surface area (Å²) in [5.74, 6) is 0. The Balaban J connectivity index is 2.45. The van der Waals surface area contributed by atoms with Crippen molar-refractivity contribution in [1.82, 2.24) is 10.3 Å². The van der Waals surface area contributed by atoms with Gasteiger partial charge in [0.2, 0.25) is 0 Å². The Bertz CT molecular complexity index is 282. The quantitative estimate of drug-likeness (QED) is 0.679. The number of hydrogen-bond acceptors (Lipinski definition) is 2. The molecule has 16 heavy (non-hydrogen) atoms. The maximum atomic E-state index is 4.04. The summed E-state index contributed by atoms with van der Waals surface area (Å²) in [7, 11) is 0. The Morgan fingerprint density at radius 3 is 2.81 bits per heavy atom. The van der Waals surface area contributed by atoms with E-state index < -0.39 is 0 Å². The van der Waals surface area contributed by atoms with Gasteiger partial charge < -0.3 is 5.32 Å². The molecule has 1 aromatic heterocycles. The topological polar surface area (TPSA) is 24.9 Å². The molecule has 0 aromatic carbocycles. The minimum Gasteiger partial charge on any atom is -0.314 e. The lowest BCUT2D eigenvalue weighted by Crippen LogP contribution is -2.31. The smallest absolute Gasteiger partial charge is 0.0270 e. The first-order chi connectivity index (χ1) is 7.86. The molecular formula is C14H22N2. The van der Waals surface area contributed by atoms with Crippen LogP contribution in [0.1, 0.15) is 31.7 Å². The Morgan fingerprint density at radius 2 is 2.19 bits per heavy atom. The van der Waals surface area contributed by atoms with Crippen LogP contribution in [0.5, 0.6) is 0 Å². The first-order valence-corrected chi connectivity index (χ1v) is 6.10. The highest BCUT2D eigenvalue weighted by molar-refractivity contribution is 5.11. The maximum absolute atomic E-state index is 4.04. The number of pyridine rings is 1.